The third-order valence-electron chi connectivity index (χ3n) is 7.98. The number of anilines is 1. The van der Waals surface area contributed by atoms with Gasteiger partial charge in [0, 0.05) is 50.2 Å². The third kappa shape index (κ3) is 9.49. The van der Waals surface area contributed by atoms with Crippen molar-refractivity contribution in [2.24, 2.45) is 0 Å². The highest BCUT2D eigenvalue weighted by Crippen LogP contribution is 2.33. The van der Waals surface area contributed by atoms with Crippen LogP contribution >= 0.6 is 11.6 Å². The zero-order valence-electron chi connectivity index (χ0n) is 28.3. The summed E-state index contributed by atoms with van der Waals surface area (Å²) in [5, 5.41) is 16.8. The maximum atomic E-state index is 13.1. The first kappa shape index (κ1) is 36.0. The van der Waals surface area contributed by atoms with Gasteiger partial charge in [0.25, 0.3) is 0 Å². The number of benzene rings is 2. The molecule has 1 N–H and O–H groups in total. The lowest BCUT2D eigenvalue weighted by Gasteiger charge is -2.27. The topological polar surface area (TPSA) is 135 Å². The molecule has 13 nitrogen and oxygen atoms in total. The summed E-state index contributed by atoms with van der Waals surface area (Å²) in [6.45, 7) is 6.63. The van der Waals surface area contributed by atoms with Crippen LogP contribution < -0.4 is 10.1 Å². The number of hydrogen-bond acceptors (Lipinski definition) is 10. The molecule has 1 aliphatic heterocycles. The fourth-order valence-electron chi connectivity index (χ4n) is 5.67. The van der Waals surface area contributed by atoms with Crippen LogP contribution in [0.2, 0.25) is 5.02 Å². The van der Waals surface area contributed by atoms with Gasteiger partial charge in [-0.1, -0.05) is 17.7 Å². The van der Waals surface area contributed by atoms with Crippen LogP contribution in [0.15, 0.2) is 59.8 Å². The molecule has 1 unspecified atom stereocenters. The number of carbonyl (C=O) groups is 1. The van der Waals surface area contributed by atoms with E-state index in [0.29, 0.717) is 36.8 Å². The lowest BCUT2D eigenvalue weighted by molar-refractivity contribution is -0.274. The Kier molecular flexibility index (Phi) is 10.7. The van der Waals surface area contributed by atoms with Crippen LogP contribution in [0.5, 0.6) is 5.75 Å². The lowest BCUT2D eigenvalue weighted by atomic mass is 10.1. The summed E-state index contributed by atoms with van der Waals surface area (Å²) in [6.07, 6.45) is 4.94. The van der Waals surface area contributed by atoms with Gasteiger partial charge in [-0.3, -0.25) is 4.57 Å². The van der Waals surface area contributed by atoms with Crippen molar-refractivity contribution in [1.82, 2.24) is 34.4 Å². The van der Waals surface area contributed by atoms with Gasteiger partial charge >= 0.3 is 12.5 Å². The molecule has 1 atom stereocenters. The highest BCUT2D eigenvalue weighted by molar-refractivity contribution is 6.32. The average Bonchev–Trinajstić information content (AvgIpc) is 3.85. The van der Waals surface area contributed by atoms with Crippen molar-refractivity contribution in [1.29, 1.82) is 0 Å². The fraction of sp³-hybridized carbons (Fsp3) is 0.441. The van der Waals surface area contributed by atoms with Crippen LogP contribution in [0.3, 0.4) is 0 Å². The number of halogens is 4. The first-order chi connectivity index (χ1) is 24.3. The van der Waals surface area contributed by atoms with Gasteiger partial charge in [0.2, 0.25) is 0 Å². The van der Waals surface area contributed by atoms with E-state index >= 15 is 0 Å². The van der Waals surface area contributed by atoms with Crippen LogP contribution in [0.4, 0.5) is 23.7 Å². The number of oxazole rings is 1. The third-order valence-corrected chi connectivity index (χ3v) is 8.27. The number of hydrogen-bond donors (Lipinski definition) is 1. The van der Waals surface area contributed by atoms with Crippen LogP contribution in [0.1, 0.15) is 63.5 Å². The van der Waals surface area contributed by atoms with Crippen molar-refractivity contribution in [3.8, 4) is 11.4 Å². The van der Waals surface area contributed by atoms with Gasteiger partial charge in [-0.2, -0.15) is 5.10 Å². The minimum Gasteiger partial charge on any atom is -0.446 e. The Labute approximate surface area is 296 Å². The predicted molar refractivity (Wildman–Crippen MR) is 181 cm³/mol. The van der Waals surface area contributed by atoms with Crippen molar-refractivity contribution in [3.05, 3.63) is 77.6 Å². The average molecular weight is 731 g/mol. The summed E-state index contributed by atoms with van der Waals surface area (Å²) >= 11 is 6.05. The van der Waals surface area contributed by atoms with Gasteiger partial charge in [0.1, 0.15) is 29.8 Å². The molecule has 1 amide bonds. The van der Waals surface area contributed by atoms with Crippen molar-refractivity contribution in [3.63, 3.8) is 0 Å². The molecule has 17 heteroatoms. The Morgan fingerprint density at radius 3 is 2.61 bits per heavy atom. The summed E-state index contributed by atoms with van der Waals surface area (Å²) in [5.74, 6) is 0.525. The number of amides is 1. The van der Waals surface area contributed by atoms with Crippen LogP contribution in [-0.2, 0) is 28.9 Å². The number of rotatable bonds is 12. The second-order valence-electron chi connectivity index (χ2n) is 13.1. The number of nitrogens with one attached hydrogen (secondary N) is 1. The molecule has 0 saturated carbocycles. The normalized spacial score (nSPS) is 15.2. The molecule has 0 radical (unpaired) electrons. The number of fused-ring (bicyclic) bond motifs is 1. The van der Waals surface area contributed by atoms with Crippen molar-refractivity contribution >= 4 is 34.3 Å². The van der Waals surface area contributed by atoms with Gasteiger partial charge in [-0.05, 0) is 69.9 Å². The van der Waals surface area contributed by atoms with Crippen molar-refractivity contribution < 1.29 is 36.6 Å². The Balaban J connectivity index is 1.11. The molecule has 0 spiro atoms. The smallest absolute Gasteiger partial charge is 0.446 e. The zero-order valence-corrected chi connectivity index (χ0v) is 29.1. The van der Waals surface area contributed by atoms with E-state index in [-0.39, 0.29) is 30.8 Å². The summed E-state index contributed by atoms with van der Waals surface area (Å²) in [4.78, 5) is 18.9. The maximum Gasteiger partial charge on any atom is 0.573 e. The van der Waals surface area contributed by atoms with Gasteiger partial charge in [-0.15, -0.1) is 23.4 Å². The number of carbonyl (C=O) groups excluding carboxylic acids is 1. The Hall–Kier alpha value is -4.83. The molecule has 0 bridgehead atoms. The zero-order chi connectivity index (χ0) is 36.2. The highest BCUT2D eigenvalue weighted by atomic mass is 35.5. The number of nitrogens with zero attached hydrogens (tertiary/aromatic N) is 7. The summed E-state index contributed by atoms with van der Waals surface area (Å²) in [6, 6.07) is 7.90. The van der Waals surface area contributed by atoms with Gasteiger partial charge < -0.3 is 28.8 Å². The molecule has 0 aliphatic carbocycles. The van der Waals surface area contributed by atoms with Gasteiger partial charge in [-0.25, -0.2) is 14.5 Å². The second kappa shape index (κ2) is 15.2. The van der Waals surface area contributed by atoms with E-state index in [1.165, 1.54) is 17.0 Å². The first-order valence-electron chi connectivity index (χ1n) is 16.5. The summed E-state index contributed by atoms with van der Waals surface area (Å²) < 4.78 is 63.4. The molecular weight excluding hydrogens is 693 g/mol. The SMILES string of the molecule is CC(C)(C)OC(=O)N(CCc1ncc(CCNc2cc(-n3cnnc3)cc3c2cnn3C2CCCCO2)o1)Cc1ccc(OC(F)(F)F)c(Cl)c1. The molecule has 6 rings (SSSR count). The summed E-state index contributed by atoms with van der Waals surface area (Å²) in [7, 11) is 0. The standard InChI is InChI=1S/C34H38ClF3N8O5/c1-33(2,3)51-32(47)44(19-22-7-8-29(26(35)14-22)50-34(36,37)38)12-10-30-40-17-24(49-30)9-11-39-27-15-23(45-20-41-42-21-45)16-28-25(27)18-43-46(28)31-6-4-5-13-48-31/h7-8,14-18,20-21,31,39H,4-6,9-13,19H2,1-3H3. The molecule has 51 heavy (non-hydrogen) atoms. The monoisotopic (exact) mass is 730 g/mol. The van der Waals surface area contributed by atoms with Crippen LogP contribution in [0, 0.1) is 0 Å². The van der Waals surface area contributed by atoms with E-state index in [1.807, 2.05) is 27.6 Å². The number of alkyl halides is 3. The minimum absolute atomic E-state index is 0.0184. The molecule has 1 fully saturated rings. The highest BCUT2D eigenvalue weighted by Gasteiger charge is 2.32. The largest absolute Gasteiger partial charge is 0.573 e. The van der Waals surface area contributed by atoms with E-state index in [1.54, 1.807) is 39.6 Å². The fourth-order valence-corrected chi connectivity index (χ4v) is 5.91. The molecule has 1 aliphatic rings. The number of ether oxygens (including phenoxy) is 3. The van der Waals surface area contributed by atoms with Gasteiger partial charge in [0.15, 0.2) is 12.1 Å². The van der Waals surface area contributed by atoms with Crippen molar-refractivity contribution in [2.45, 2.75) is 77.6 Å². The van der Waals surface area contributed by atoms with E-state index in [4.69, 9.17) is 25.5 Å². The second-order valence-corrected chi connectivity index (χ2v) is 13.5. The number of aromatic nitrogens is 6. The maximum absolute atomic E-state index is 13.1. The Morgan fingerprint density at radius 1 is 1.10 bits per heavy atom. The Morgan fingerprint density at radius 2 is 1.90 bits per heavy atom. The molecule has 272 valence electrons. The molecule has 1 saturated heterocycles. The predicted octanol–water partition coefficient (Wildman–Crippen LogP) is 7.49. The lowest BCUT2D eigenvalue weighted by Crippen LogP contribution is -2.37. The minimum atomic E-state index is -4.89. The van der Waals surface area contributed by atoms with E-state index in [0.717, 1.165) is 47.6 Å². The quantitative estimate of drug-likeness (QED) is 0.138. The Bertz CT molecular complexity index is 1930. The van der Waals surface area contributed by atoms with Crippen LogP contribution in [0.25, 0.3) is 16.6 Å². The summed E-state index contributed by atoms with van der Waals surface area (Å²) in [5.41, 5.74) is 2.39. The van der Waals surface area contributed by atoms with E-state index in [2.05, 4.69) is 30.3 Å². The van der Waals surface area contributed by atoms with Crippen LogP contribution in [-0.4, -0.2) is 72.2 Å². The van der Waals surface area contributed by atoms with E-state index in [9.17, 15) is 18.0 Å². The van der Waals surface area contributed by atoms with E-state index < -0.39 is 23.8 Å². The first-order valence-corrected chi connectivity index (χ1v) is 16.9. The van der Waals surface area contributed by atoms with Gasteiger partial charge in [0.05, 0.1) is 28.6 Å². The molecule has 3 aromatic heterocycles. The molecular formula is C34H38ClF3N8O5. The van der Waals surface area contributed by atoms with Crippen molar-refractivity contribution in [2.75, 3.05) is 25.0 Å². The molecule has 4 heterocycles. The molecule has 5 aromatic rings. The molecule has 2 aromatic carbocycles.